The van der Waals surface area contributed by atoms with Crippen LogP contribution in [0.5, 0.6) is 0 Å². The minimum atomic E-state index is -3.49. The van der Waals surface area contributed by atoms with Crippen molar-refractivity contribution >= 4 is 15.9 Å². The van der Waals surface area contributed by atoms with Crippen LogP contribution in [0.4, 0.5) is 4.39 Å². The number of hydrogen-bond acceptors (Lipinski definition) is 3. The zero-order chi connectivity index (χ0) is 22.7. The molecule has 0 bridgehead atoms. The van der Waals surface area contributed by atoms with Gasteiger partial charge in [-0.15, -0.1) is 0 Å². The molecule has 0 radical (unpaired) electrons. The number of benzene rings is 2. The summed E-state index contributed by atoms with van der Waals surface area (Å²) in [7, 11) is -3.49. The number of rotatable bonds is 6. The third kappa shape index (κ3) is 5.38. The normalized spacial score (nSPS) is 18.7. The van der Waals surface area contributed by atoms with Crippen molar-refractivity contribution in [3.8, 4) is 0 Å². The van der Waals surface area contributed by atoms with Gasteiger partial charge in [0.2, 0.25) is 15.9 Å². The number of nitrogens with one attached hydrogen (secondary N) is 1. The summed E-state index contributed by atoms with van der Waals surface area (Å²) in [5.74, 6) is -0.736. The van der Waals surface area contributed by atoms with Gasteiger partial charge in [0.15, 0.2) is 0 Å². The lowest BCUT2D eigenvalue weighted by molar-refractivity contribution is -0.126. The van der Waals surface area contributed by atoms with E-state index in [1.54, 1.807) is 0 Å². The molecule has 2 aromatic rings. The molecule has 1 aliphatic carbocycles. The predicted octanol–water partition coefficient (Wildman–Crippen LogP) is 4.12. The van der Waals surface area contributed by atoms with Gasteiger partial charge in [0.25, 0.3) is 0 Å². The average molecular weight is 459 g/mol. The zero-order valence-corrected chi connectivity index (χ0v) is 19.3. The van der Waals surface area contributed by atoms with Crippen LogP contribution in [-0.4, -0.2) is 31.7 Å². The van der Waals surface area contributed by atoms with Crippen LogP contribution in [0.3, 0.4) is 0 Å². The molecule has 7 heteroatoms. The number of sulfonamides is 1. The van der Waals surface area contributed by atoms with Gasteiger partial charge in [0.1, 0.15) is 5.82 Å². The summed E-state index contributed by atoms with van der Waals surface area (Å²) >= 11 is 0. The van der Waals surface area contributed by atoms with Gasteiger partial charge < -0.3 is 5.32 Å². The summed E-state index contributed by atoms with van der Waals surface area (Å²) in [6.07, 6.45) is 5.72. The van der Waals surface area contributed by atoms with Crippen LogP contribution in [0.2, 0.25) is 0 Å². The molecule has 0 aromatic heterocycles. The van der Waals surface area contributed by atoms with Gasteiger partial charge in [-0.1, -0.05) is 30.3 Å². The Hall–Kier alpha value is -2.25. The second-order valence-corrected chi connectivity index (χ2v) is 11.0. The van der Waals surface area contributed by atoms with E-state index >= 15 is 0 Å². The zero-order valence-electron chi connectivity index (χ0n) is 18.5. The molecule has 0 spiro atoms. The highest BCUT2D eigenvalue weighted by Gasteiger charge is 2.31. The Morgan fingerprint density at radius 1 is 1.06 bits per heavy atom. The van der Waals surface area contributed by atoms with E-state index in [2.05, 4.69) is 23.5 Å². The smallest absolute Gasteiger partial charge is 0.223 e. The van der Waals surface area contributed by atoms with E-state index in [0.29, 0.717) is 31.5 Å². The van der Waals surface area contributed by atoms with Crippen molar-refractivity contribution in [1.29, 1.82) is 0 Å². The SMILES string of the molecule is C[C@H](NC(=O)C1CCN(S(=O)(=O)Cc2ccc(F)cc2)CC1)c1ccc2c(c1)CCCC2. The number of carbonyl (C=O) groups is 1. The fraction of sp³-hybridized carbons (Fsp3) is 0.480. The van der Waals surface area contributed by atoms with Crippen LogP contribution >= 0.6 is 0 Å². The Morgan fingerprint density at radius 2 is 1.72 bits per heavy atom. The fourth-order valence-corrected chi connectivity index (χ4v) is 6.28. The molecule has 2 aliphatic rings. The summed E-state index contributed by atoms with van der Waals surface area (Å²) in [4.78, 5) is 12.8. The molecule has 4 rings (SSSR count). The van der Waals surface area contributed by atoms with E-state index in [-0.39, 0.29) is 29.4 Å². The van der Waals surface area contributed by atoms with Gasteiger partial charge in [0.05, 0.1) is 11.8 Å². The molecule has 1 atom stereocenters. The molecule has 2 aromatic carbocycles. The Morgan fingerprint density at radius 3 is 2.41 bits per heavy atom. The van der Waals surface area contributed by atoms with Crippen LogP contribution in [0.25, 0.3) is 0 Å². The van der Waals surface area contributed by atoms with Crippen LogP contribution in [0, 0.1) is 11.7 Å². The van der Waals surface area contributed by atoms with Crippen molar-refractivity contribution in [2.45, 2.75) is 57.2 Å². The number of hydrogen-bond donors (Lipinski definition) is 1. The van der Waals surface area contributed by atoms with E-state index in [1.807, 2.05) is 6.92 Å². The first-order chi connectivity index (χ1) is 15.3. The maximum Gasteiger partial charge on any atom is 0.223 e. The Labute approximate surface area is 190 Å². The highest BCUT2D eigenvalue weighted by atomic mass is 32.2. The summed E-state index contributed by atoms with van der Waals surface area (Å²) in [5, 5.41) is 3.13. The van der Waals surface area contributed by atoms with Crippen molar-refractivity contribution < 1.29 is 17.6 Å². The molecular weight excluding hydrogens is 427 g/mol. The van der Waals surface area contributed by atoms with E-state index in [4.69, 9.17) is 0 Å². The third-order valence-electron chi connectivity index (χ3n) is 6.71. The number of halogens is 1. The molecular formula is C25H31FN2O3S. The summed E-state index contributed by atoms with van der Waals surface area (Å²) < 4.78 is 40.0. The van der Waals surface area contributed by atoms with E-state index in [1.165, 1.54) is 52.5 Å². The quantitative estimate of drug-likeness (QED) is 0.708. The topological polar surface area (TPSA) is 66.5 Å². The van der Waals surface area contributed by atoms with Crippen molar-refractivity contribution in [1.82, 2.24) is 9.62 Å². The van der Waals surface area contributed by atoms with Gasteiger partial charge in [-0.05, 0) is 79.8 Å². The fourth-order valence-electron chi connectivity index (χ4n) is 4.72. The molecule has 1 fully saturated rings. The largest absolute Gasteiger partial charge is 0.349 e. The van der Waals surface area contributed by atoms with E-state index in [9.17, 15) is 17.6 Å². The lowest BCUT2D eigenvalue weighted by Gasteiger charge is -2.31. The highest BCUT2D eigenvalue weighted by Crippen LogP contribution is 2.26. The molecule has 0 saturated carbocycles. The monoisotopic (exact) mass is 458 g/mol. The highest BCUT2D eigenvalue weighted by molar-refractivity contribution is 7.88. The molecule has 1 aliphatic heterocycles. The summed E-state index contributed by atoms with van der Waals surface area (Å²) in [6.45, 7) is 2.66. The van der Waals surface area contributed by atoms with Crippen molar-refractivity contribution in [3.63, 3.8) is 0 Å². The van der Waals surface area contributed by atoms with Crippen molar-refractivity contribution in [2.24, 2.45) is 5.92 Å². The predicted molar refractivity (Wildman–Crippen MR) is 123 cm³/mol. The van der Waals surface area contributed by atoms with Gasteiger partial charge in [-0.25, -0.2) is 17.1 Å². The van der Waals surface area contributed by atoms with Crippen molar-refractivity contribution in [3.05, 3.63) is 70.5 Å². The number of aryl methyl sites for hydroxylation is 2. The summed E-state index contributed by atoms with van der Waals surface area (Å²) in [6, 6.07) is 12.0. The third-order valence-corrected chi connectivity index (χ3v) is 8.56. The molecule has 1 heterocycles. The number of fused-ring (bicyclic) bond motifs is 1. The number of carbonyl (C=O) groups excluding carboxylic acids is 1. The maximum absolute atomic E-state index is 13.1. The molecule has 5 nitrogen and oxygen atoms in total. The molecule has 1 saturated heterocycles. The molecule has 1 N–H and O–H groups in total. The van der Waals surface area contributed by atoms with Gasteiger partial charge in [0, 0.05) is 19.0 Å². The molecule has 1 amide bonds. The molecule has 172 valence electrons. The van der Waals surface area contributed by atoms with E-state index in [0.717, 1.165) is 18.4 Å². The maximum atomic E-state index is 13.1. The molecule has 0 unspecified atom stereocenters. The van der Waals surface area contributed by atoms with Gasteiger partial charge >= 0.3 is 0 Å². The van der Waals surface area contributed by atoms with E-state index < -0.39 is 10.0 Å². The molecule has 32 heavy (non-hydrogen) atoms. The lowest BCUT2D eigenvalue weighted by atomic mass is 9.89. The first-order valence-electron chi connectivity index (χ1n) is 11.5. The van der Waals surface area contributed by atoms with Crippen LogP contribution < -0.4 is 5.32 Å². The Balaban J connectivity index is 1.30. The minimum Gasteiger partial charge on any atom is -0.349 e. The first-order valence-corrected chi connectivity index (χ1v) is 13.1. The second kappa shape index (κ2) is 9.71. The Bertz CT molecular complexity index is 1060. The number of amides is 1. The Kier molecular flexibility index (Phi) is 6.96. The minimum absolute atomic E-state index is 0.00852. The van der Waals surface area contributed by atoms with Gasteiger partial charge in [-0.3, -0.25) is 4.79 Å². The first kappa shape index (κ1) is 22.9. The average Bonchev–Trinajstić information content (AvgIpc) is 2.80. The number of piperidine rings is 1. The summed E-state index contributed by atoms with van der Waals surface area (Å²) in [5.41, 5.74) is 4.51. The van der Waals surface area contributed by atoms with Crippen LogP contribution in [0.15, 0.2) is 42.5 Å². The van der Waals surface area contributed by atoms with Gasteiger partial charge in [-0.2, -0.15) is 0 Å². The standard InChI is InChI=1S/C25H31FN2O3S/c1-18(22-9-8-20-4-2-3-5-23(20)16-22)27-25(29)21-12-14-28(15-13-21)32(30,31)17-19-6-10-24(26)11-7-19/h6-11,16,18,21H,2-5,12-15,17H2,1H3,(H,27,29)/t18-/m0/s1. The van der Waals surface area contributed by atoms with Crippen LogP contribution in [-0.2, 0) is 33.4 Å². The second-order valence-electron chi connectivity index (χ2n) is 9.02. The van der Waals surface area contributed by atoms with Crippen LogP contribution in [0.1, 0.15) is 60.9 Å². The number of nitrogens with zero attached hydrogens (tertiary/aromatic N) is 1. The lowest BCUT2D eigenvalue weighted by Crippen LogP contribution is -2.43. The van der Waals surface area contributed by atoms with Crippen molar-refractivity contribution in [2.75, 3.05) is 13.1 Å².